The second-order valence-electron chi connectivity index (χ2n) is 16.4. The quantitative estimate of drug-likeness (QED) is 0.177. The van der Waals surface area contributed by atoms with Crippen molar-refractivity contribution in [3.63, 3.8) is 0 Å². The van der Waals surface area contributed by atoms with Crippen molar-refractivity contribution in [2.24, 2.45) is 0 Å². The van der Waals surface area contributed by atoms with Crippen LogP contribution in [0.25, 0.3) is 138 Å². The van der Waals surface area contributed by atoms with Gasteiger partial charge in [0.2, 0.25) is 0 Å². The number of aromatic nitrogens is 4. The van der Waals surface area contributed by atoms with Gasteiger partial charge in [0.25, 0.3) is 0 Å². The van der Waals surface area contributed by atoms with Gasteiger partial charge in [0, 0.05) is 60.8 Å². The van der Waals surface area contributed by atoms with Gasteiger partial charge in [0.15, 0.2) is 17.5 Å². The molecule has 0 unspecified atom stereocenters. The van der Waals surface area contributed by atoms with Gasteiger partial charge in [-0.15, -0.1) is 0 Å². The Morgan fingerprint density at radius 2 is 0.841 bits per heavy atom. The summed E-state index contributed by atoms with van der Waals surface area (Å²) in [6, 6.07) is 68.2. The maximum atomic E-state index is 6.76. The lowest BCUT2D eigenvalue weighted by atomic mass is 10.0. The minimum Gasteiger partial charge on any atom is -0.456 e. The van der Waals surface area contributed by atoms with Crippen LogP contribution in [-0.2, 0) is 0 Å². The van der Waals surface area contributed by atoms with Crippen LogP contribution in [0.4, 0.5) is 0 Å². The van der Waals surface area contributed by atoms with Crippen molar-refractivity contribution in [2.75, 3.05) is 0 Å². The SMILES string of the molecule is c1ccc(-c2nc(-c3ccc4c(c3)oc3ccccc34)nc(-c3ccc4ccc5oc6cc(-n7c8cc9ccccc9cc8c8cc9ccccc9cc87)ccc6c5c4c3)n2)cc1. The van der Waals surface area contributed by atoms with Gasteiger partial charge in [-0.2, -0.15) is 0 Å². The van der Waals surface area contributed by atoms with Crippen LogP contribution in [-0.4, -0.2) is 19.5 Å². The van der Waals surface area contributed by atoms with Crippen LogP contribution in [0.3, 0.4) is 0 Å². The number of benzene rings is 10. The van der Waals surface area contributed by atoms with Crippen molar-refractivity contribution < 1.29 is 8.83 Å². The van der Waals surface area contributed by atoms with Gasteiger partial charge in [-0.25, -0.2) is 15.0 Å². The molecule has 14 aromatic rings. The summed E-state index contributed by atoms with van der Waals surface area (Å²) in [4.78, 5) is 15.2. The van der Waals surface area contributed by atoms with E-state index in [1.165, 1.54) is 32.3 Å². The van der Waals surface area contributed by atoms with Crippen molar-refractivity contribution in [1.82, 2.24) is 19.5 Å². The molecule has 0 aliphatic rings. The molecule has 14 rings (SSSR count). The lowest BCUT2D eigenvalue weighted by Crippen LogP contribution is -2.00. The van der Waals surface area contributed by atoms with Crippen LogP contribution in [0.1, 0.15) is 0 Å². The predicted octanol–water partition coefficient (Wildman–Crippen LogP) is 15.2. The summed E-state index contributed by atoms with van der Waals surface area (Å²) in [7, 11) is 0. The zero-order chi connectivity index (χ0) is 41.2. The monoisotopic (exact) mass is 804 g/mol. The van der Waals surface area contributed by atoms with Crippen molar-refractivity contribution in [1.29, 1.82) is 0 Å². The molecule has 63 heavy (non-hydrogen) atoms. The summed E-state index contributed by atoms with van der Waals surface area (Å²) in [6.45, 7) is 0. The molecule has 0 saturated carbocycles. The fourth-order valence-electron chi connectivity index (χ4n) is 9.74. The number of rotatable bonds is 4. The Hall–Kier alpha value is -8.61. The second kappa shape index (κ2) is 12.9. The lowest BCUT2D eigenvalue weighted by molar-refractivity contribution is 0.668. The molecule has 4 aromatic heterocycles. The van der Waals surface area contributed by atoms with Crippen molar-refractivity contribution in [2.45, 2.75) is 0 Å². The molecule has 0 atom stereocenters. The molecule has 292 valence electrons. The van der Waals surface area contributed by atoms with Crippen molar-refractivity contribution in [3.05, 3.63) is 194 Å². The molecule has 0 spiro atoms. The molecule has 0 fully saturated rings. The number of para-hydroxylation sites is 1. The third-order valence-corrected chi connectivity index (χ3v) is 12.8. The highest BCUT2D eigenvalue weighted by Crippen LogP contribution is 2.41. The first-order valence-electron chi connectivity index (χ1n) is 21.2. The molecule has 0 saturated heterocycles. The molecule has 0 bridgehead atoms. The average molecular weight is 805 g/mol. The Balaban J connectivity index is 0.945. The molecule has 6 heteroatoms. The average Bonchev–Trinajstić information content (AvgIpc) is 4.01. The van der Waals surface area contributed by atoms with E-state index in [2.05, 4.69) is 144 Å². The normalized spacial score (nSPS) is 12.1. The summed E-state index contributed by atoms with van der Waals surface area (Å²) in [5, 5.41) is 13.7. The molecule has 0 aliphatic carbocycles. The Kier molecular flexibility index (Phi) is 7.02. The third-order valence-electron chi connectivity index (χ3n) is 12.8. The Bertz CT molecular complexity index is 4120. The first-order valence-corrected chi connectivity index (χ1v) is 21.2. The Morgan fingerprint density at radius 3 is 1.57 bits per heavy atom. The van der Waals surface area contributed by atoms with Crippen molar-refractivity contribution >= 4 is 98.0 Å². The largest absolute Gasteiger partial charge is 0.456 e. The van der Waals surface area contributed by atoms with E-state index in [4.69, 9.17) is 23.8 Å². The van der Waals surface area contributed by atoms with Gasteiger partial charge in [0.05, 0.1) is 11.0 Å². The van der Waals surface area contributed by atoms with Crippen LogP contribution in [0, 0.1) is 0 Å². The number of hydrogen-bond donors (Lipinski definition) is 0. The zero-order valence-corrected chi connectivity index (χ0v) is 33.6. The van der Waals surface area contributed by atoms with Crippen molar-refractivity contribution in [3.8, 4) is 39.9 Å². The van der Waals surface area contributed by atoms with Crippen LogP contribution in [0.5, 0.6) is 0 Å². The number of nitrogens with zero attached hydrogens (tertiary/aromatic N) is 4. The molecule has 10 aromatic carbocycles. The fraction of sp³-hybridized carbons (Fsp3) is 0. The van der Waals surface area contributed by atoms with E-state index in [-0.39, 0.29) is 0 Å². The Labute approximate surface area is 358 Å². The standard InChI is InChI=1S/C57H32N4O2/c1-2-10-34(11-3-1)55-58-56(60-57(59-55)40-20-23-43-42-16-8-9-17-50(42)62-52(43)31-40)39-19-18-33-21-25-51-54(45(33)28-39)44-24-22-41(32-53(44)63-51)61-48-29-37-14-6-4-12-35(37)26-46(48)47-27-36-13-5-7-15-38(36)30-49(47)61/h1-32H. The summed E-state index contributed by atoms with van der Waals surface area (Å²) in [5.74, 6) is 1.77. The summed E-state index contributed by atoms with van der Waals surface area (Å²) >= 11 is 0. The van der Waals surface area contributed by atoms with E-state index in [1.54, 1.807) is 0 Å². The molecular weight excluding hydrogens is 773 g/mol. The summed E-state index contributed by atoms with van der Waals surface area (Å²) in [6.07, 6.45) is 0. The van der Waals surface area contributed by atoms with Gasteiger partial charge in [-0.3, -0.25) is 0 Å². The Morgan fingerprint density at radius 1 is 0.302 bits per heavy atom. The maximum Gasteiger partial charge on any atom is 0.164 e. The fourth-order valence-corrected chi connectivity index (χ4v) is 9.74. The van der Waals surface area contributed by atoms with Gasteiger partial charge in [0.1, 0.15) is 22.3 Å². The number of fused-ring (bicyclic) bond motifs is 13. The van der Waals surface area contributed by atoms with Crippen LogP contribution < -0.4 is 0 Å². The van der Waals surface area contributed by atoms with Gasteiger partial charge in [-0.05, 0) is 99.0 Å². The first-order chi connectivity index (χ1) is 31.2. The smallest absolute Gasteiger partial charge is 0.164 e. The third kappa shape index (κ3) is 5.22. The van der Waals surface area contributed by atoms with Crippen LogP contribution in [0.2, 0.25) is 0 Å². The predicted molar refractivity (Wildman–Crippen MR) is 258 cm³/mol. The summed E-state index contributed by atoms with van der Waals surface area (Å²) < 4.78 is 15.4. The highest BCUT2D eigenvalue weighted by molar-refractivity contribution is 6.20. The highest BCUT2D eigenvalue weighted by atomic mass is 16.3. The zero-order valence-electron chi connectivity index (χ0n) is 33.6. The van der Waals surface area contributed by atoms with Gasteiger partial charge >= 0.3 is 0 Å². The molecule has 0 aliphatic heterocycles. The number of furan rings is 2. The van der Waals surface area contributed by atoms with E-state index in [9.17, 15) is 0 Å². The highest BCUT2D eigenvalue weighted by Gasteiger charge is 2.19. The number of hydrogen-bond acceptors (Lipinski definition) is 5. The molecule has 4 heterocycles. The van der Waals surface area contributed by atoms with E-state index in [1.807, 2.05) is 54.6 Å². The topological polar surface area (TPSA) is 69.9 Å². The van der Waals surface area contributed by atoms with Gasteiger partial charge in [-0.1, -0.05) is 121 Å². The minimum atomic E-state index is 0.576. The molecule has 0 amide bonds. The molecule has 6 nitrogen and oxygen atoms in total. The second-order valence-corrected chi connectivity index (χ2v) is 16.4. The van der Waals surface area contributed by atoms with Crippen LogP contribution >= 0.6 is 0 Å². The van der Waals surface area contributed by atoms with E-state index in [0.717, 1.165) is 88.1 Å². The summed E-state index contributed by atoms with van der Waals surface area (Å²) in [5.41, 5.74) is 9.32. The van der Waals surface area contributed by atoms with E-state index < -0.39 is 0 Å². The molecular formula is C57H32N4O2. The van der Waals surface area contributed by atoms with E-state index in [0.29, 0.717) is 17.5 Å². The first kappa shape index (κ1) is 34.1. The van der Waals surface area contributed by atoms with E-state index >= 15 is 0 Å². The molecule has 0 radical (unpaired) electrons. The van der Waals surface area contributed by atoms with Crippen LogP contribution in [0.15, 0.2) is 203 Å². The molecule has 0 N–H and O–H groups in total. The maximum absolute atomic E-state index is 6.76. The van der Waals surface area contributed by atoms with Gasteiger partial charge < -0.3 is 13.4 Å². The minimum absolute atomic E-state index is 0.576. The lowest BCUT2D eigenvalue weighted by Gasteiger charge is -2.10.